The van der Waals surface area contributed by atoms with Crippen molar-refractivity contribution < 1.29 is 0 Å². The molecular formula is C48H29N3S. The minimum atomic E-state index is 1.16. The first kappa shape index (κ1) is 28.2. The van der Waals surface area contributed by atoms with Gasteiger partial charge in [-0.2, -0.15) is 0 Å². The molecule has 0 N–H and O–H groups in total. The Morgan fingerprint density at radius 1 is 0.365 bits per heavy atom. The fourth-order valence-corrected chi connectivity index (χ4v) is 9.91. The van der Waals surface area contributed by atoms with Crippen LogP contribution in [-0.2, 0) is 0 Å². The number of aromatic nitrogens is 3. The Labute approximate surface area is 303 Å². The lowest BCUT2D eigenvalue weighted by Crippen LogP contribution is -2.05. The molecule has 0 radical (unpaired) electrons. The molecule has 52 heavy (non-hydrogen) atoms. The Morgan fingerprint density at radius 2 is 1.06 bits per heavy atom. The van der Waals surface area contributed by atoms with E-state index in [1.165, 1.54) is 92.0 Å². The second-order valence-corrected chi connectivity index (χ2v) is 14.8. The number of hydrogen-bond acceptors (Lipinski definition) is 1. The number of rotatable bonds is 3. The van der Waals surface area contributed by atoms with Crippen LogP contribution in [0.15, 0.2) is 186 Å². The number of fused-ring (bicyclic) bond motifs is 12. The molecule has 0 fully saturated rings. The highest BCUT2D eigenvalue weighted by Gasteiger charge is 2.28. The van der Waals surface area contributed by atoms with E-state index in [-0.39, 0.29) is 0 Å². The van der Waals surface area contributed by atoms with Gasteiger partial charge < -0.3 is 4.57 Å². The predicted octanol–water partition coefficient (Wildman–Crippen LogP) is 13.1. The summed E-state index contributed by atoms with van der Waals surface area (Å²) in [6, 6.07) is 64.6. The zero-order valence-corrected chi connectivity index (χ0v) is 28.8. The zero-order valence-electron chi connectivity index (χ0n) is 28.0. The van der Waals surface area contributed by atoms with E-state index in [0.29, 0.717) is 0 Å². The number of hydrogen-bond donors (Lipinski definition) is 0. The van der Waals surface area contributed by atoms with E-state index in [1.807, 2.05) is 11.8 Å². The zero-order chi connectivity index (χ0) is 33.9. The number of benzene rings is 8. The Kier molecular flexibility index (Phi) is 5.71. The van der Waals surface area contributed by atoms with Crippen LogP contribution in [0.5, 0.6) is 0 Å². The summed E-state index contributed by atoms with van der Waals surface area (Å²) < 4.78 is 7.39. The van der Waals surface area contributed by atoms with Gasteiger partial charge in [0.05, 0.1) is 27.8 Å². The van der Waals surface area contributed by atoms with E-state index in [0.717, 1.165) is 11.4 Å². The highest BCUT2D eigenvalue weighted by Crippen LogP contribution is 2.49. The molecule has 1 aliphatic heterocycles. The average Bonchev–Trinajstić information content (AvgIpc) is 3.85. The smallest absolute Gasteiger partial charge is 0.131 e. The van der Waals surface area contributed by atoms with E-state index in [2.05, 4.69) is 190 Å². The van der Waals surface area contributed by atoms with Crippen molar-refractivity contribution in [1.82, 2.24) is 13.7 Å². The maximum Gasteiger partial charge on any atom is 0.131 e. The SMILES string of the molecule is c1ccc(-n2c3cc(-c4ccc(-n5c6ccccc6c6c7ccccc7ccc65)cc4)ccc3c3c4cccc5c4n(c32)-c2ccccc2S5)cc1. The fourth-order valence-electron chi connectivity index (χ4n) is 8.81. The summed E-state index contributed by atoms with van der Waals surface area (Å²) in [5.41, 5.74) is 12.1. The lowest BCUT2D eigenvalue weighted by molar-refractivity contribution is 1.03. The Bertz CT molecular complexity index is 3250. The molecule has 0 spiro atoms. The van der Waals surface area contributed by atoms with Crippen LogP contribution in [0.25, 0.3) is 93.6 Å². The third kappa shape index (κ3) is 3.77. The van der Waals surface area contributed by atoms with E-state index in [9.17, 15) is 0 Å². The third-order valence-corrected chi connectivity index (χ3v) is 12.1. The average molecular weight is 680 g/mol. The van der Waals surface area contributed by atoms with Gasteiger partial charge in [0.2, 0.25) is 0 Å². The Hall–Kier alpha value is -6.49. The molecule has 3 nitrogen and oxygen atoms in total. The summed E-state index contributed by atoms with van der Waals surface area (Å²) in [4.78, 5) is 2.58. The normalized spacial score (nSPS) is 12.5. The van der Waals surface area contributed by atoms with Crippen LogP contribution in [0, 0.1) is 0 Å². The van der Waals surface area contributed by atoms with Gasteiger partial charge in [0.1, 0.15) is 5.65 Å². The van der Waals surface area contributed by atoms with Crippen molar-refractivity contribution in [3.05, 3.63) is 176 Å². The van der Waals surface area contributed by atoms with Gasteiger partial charge in [-0.3, -0.25) is 9.13 Å². The lowest BCUT2D eigenvalue weighted by Gasteiger charge is -2.21. The summed E-state index contributed by atoms with van der Waals surface area (Å²) in [5, 5.41) is 9.01. The van der Waals surface area contributed by atoms with Gasteiger partial charge in [-0.15, -0.1) is 0 Å². The molecule has 0 amide bonds. The highest BCUT2D eigenvalue weighted by molar-refractivity contribution is 7.99. The maximum atomic E-state index is 2.50. The molecule has 0 atom stereocenters. The second-order valence-electron chi connectivity index (χ2n) is 13.7. The molecular weight excluding hydrogens is 651 g/mol. The largest absolute Gasteiger partial charge is 0.309 e. The van der Waals surface area contributed by atoms with Crippen LogP contribution in [-0.4, -0.2) is 13.7 Å². The van der Waals surface area contributed by atoms with Gasteiger partial charge in [-0.25, -0.2) is 0 Å². The molecule has 0 unspecified atom stereocenters. The van der Waals surface area contributed by atoms with Gasteiger partial charge >= 0.3 is 0 Å². The van der Waals surface area contributed by atoms with E-state index in [4.69, 9.17) is 0 Å². The summed E-state index contributed by atoms with van der Waals surface area (Å²) in [7, 11) is 0. The van der Waals surface area contributed by atoms with Crippen molar-refractivity contribution in [3.8, 4) is 28.2 Å². The van der Waals surface area contributed by atoms with Crippen molar-refractivity contribution in [2.45, 2.75) is 9.79 Å². The van der Waals surface area contributed by atoms with Gasteiger partial charge in [-0.1, -0.05) is 127 Å². The summed E-state index contributed by atoms with van der Waals surface area (Å²) in [6.07, 6.45) is 0. The predicted molar refractivity (Wildman–Crippen MR) is 219 cm³/mol. The molecule has 12 rings (SSSR count). The molecule has 11 aromatic rings. The highest BCUT2D eigenvalue weighted by atomic mass is 32.2. The second kappa shape index (κ2) is 10.5. The minimum Gasteiger partial charge on any atom is -0.309 e. The summed E-state index contributed by atoms with van der Waals surface area (Å²) >= 11 is 1.87. The molecule has 3 aromatic heterocycles. The van der Waals surface area contributed by atoms with Gasteiger partial charge in [-0.05, 0) is 82.6 Å². The van der Waals surface area contributed by atoms with Gasteiger partial charge in [0, 0.05) is 48.1 Å². The number of para-hydroxylation sites is 4. The van der Waals surface area contributed by atoms with Crippen LogP contribution in [0.3, 0.4) is 0 Å². The third-order valence-electron chi connectivity index (χ3n) is 11.0. The summed E-state index contributed by atoms with van der Waals surface area (Å²) in [6.45, 7) is 0. The van der Waals surface area contributed by atoms with Gasteiger partial charge in [0.25, 0.3) is 0 Å². The standard InChI is InChI=1S/C48H29N3S/c1-2-12-33(13-3-1)50-42-29-32(23-27-37(42)46-38-16-10-20-44-47(38)51(48(46)50)40-18-8-9-19-43(40)52-44)30-21-25-34(26-22-30)49-39-17-7-6-15-36(39)45-35-14-5-4-11-31(35)24-28-41(45)49/h1-29H. The monoisotopic (exact) mass is 679 g/mol. The summed E-state index contributed by atoms with van der Waals surface area (Å²) in [5.74, 6) is 0. The van der Waals surface area contributed by atoms with Crippen molar-refractivity contribution >= 4 is 77.2 Å². The van der Waals surface area contributed by atoms with Gasteiger partial charge in [0.15, 0.2) is 0 Å². The maximum absolute atomic E-state index is 2.50. The van der Waals surface area contributed by atoms with Crippen LogP contribution >= 0.6 is 11.8 Å². The van der Waals surface area contributed by atoms with E-state index in [1.54, 1.807) is 0 Å². The molecule has 0 bridgehead atoms. The van der Waals surface area contributed by atoms with E-state index < -0.39 is 0 Å². The molecule has 1 aliphatic rings. The lowest BCUT2D eigenvalue weighted by atomic mass is 10.0. The number of nitrogens with zero attached hydrogens (tertiary/aromatic N) is 3. The topological polar surface area (TPSA) is 14.8 Å². The first-order chi connectivity index (χ1) is 25.8. The Morgan fingerprint density at radius 3 is 1.96 bits per heavy atom. The molecule has 0 saturated heterocycles. The van der Waals surface area contributed by atoms with Crippen LogP contribution in [0.4, 0.5) is 0 Å². The Balaban J connectivity index is 1.08. The minimum absolute atomic E-state index is 1.16. The molecule has 0 aliphatic carbocycles. The van der Waals surface area contributed by atoms with Crippen LogP contribution in [0.2, 0.25) is 0 Å². The fraction of sp³-hybridized carbons (Fsp3) is 0. The van der Waals surface area contributed by atoms with Crippen LogP contribution < -0.4 is 0 Å². The molecule has 242 valence electrons. The molecule has 0 saturated carbocycles. The quantitative estimate of drug-likeness (QED) is 0.181. The van der Waals surface area contributed by atoms with E-state index >= 15 is 0 Å². The van der Waals surface area contributed by atoms with Crippen LogP contribution in [0.1, 0.15) is 0 Å². The first-order valence-corrected chi connectivity index (χ1v) is 18.6. The van der Waals surface area contributed by atoms with Crippen molar-refractivity contribution in [2.24, 2.45) is 0 Å². The molecule has 4 heterocycles. The molecule has 8 aromatic carbocycles. The first-order valence-electron chi connectivity index (χ1n) is 17.8. The van der Waals surface area contributed by atoms with Crippen molar-refractivity contribution in [1.29, 1.82) is 0 Å². The van der Waals surface area contributed by atoms with Crippen molar-refractivity contribution in [3.63, 3.8) is 0 Å². The van der Waals surface area contributed by atoms with Crippen molar-refractivity contribution in [2.75, 3.05) is 0 Å². The molecule has 4 heteroatoms.